The summed E-state index contributed by atoms with van der Waals surface area (Å²) in [6, 6.07) is 0.622. The highest BCUT2D eigenvalue weighted by Gasteiger charge is 2.26. The van der Waals surface area contributed by atoms with Gasteiger partial charge in [-0.1, -0.05) is 20.8 Å². The number of nitrogens with zero attached hydrogens (tertiary/aromatic N) is 2. The number of hydrogen-bond donors (Lipinski definition) is 1. The van der Waals surface area contributed by atoms with E-state index in [9.17, 15) is 0 Å². The second-order valence-corrected chi connectivity index (χ2v) is 7.04. The van der Waals surface area contributed by atoms with Crippen molar-refractivity contribution in [3.8, 4) is 0 Å². The molecule has 4 heteroatoms. The van der Waals surface area contributed by atoms with E-state index in [-0.39, 0.29) is 0 Å². The van der Waals surface area contributed by atoms with Crippen molar-refractivity contribution in [2.45, 2.75) is 53.1 Å². The predicted octanol–water partition coefficient (Wildman–Crippen LogP) is 3.51. The Balaban J connectivity index is 1.92. The molecule has 1 fully saturated rings. The number of thiazole rings is 1. The first-order valence-corrected chi connectivity index (χ1v) is 8.37. The highest BCUT2D eigenvalue weighted by Crippen LogP contribution is 2.30. The average molecular weight is 281 g/mol. The van der Waals surface area contributed by atoms with Gasteiger partial charge in [0.2, 0.25) is 0 Å². The molecule has 1 aliphatic rings. The lowest BCUT2D eigenvalue weighted by Crippen LogP contribution is -2.42. The van der Waals surface area contributed by atoms with Crippen LogP contribution in [0.25, 0.3) is 0 Å². The topological polar surface area (TPSA) is 28.2 Å². The summed E-state index contributed by atoms with van der Waals surface area (Å²) in [6.07, 6.45) is 2.65. The van der Waals surface area contributed by atoms with Crippen molar-refractivity contribution in [2.24, 2.45) is 11.8 Å². The van der Waals surface area contributed by atoms with Crippen LogP contribution in [0.5, 0.6) is 0 Å². The molecule has 0 bridgehead atoms. The van der Waals surface area contributed by atoms with Crippen molar-refractivity contribution in [3.63, 3.8) is 0 Å². The van der Waals surface area contributed by atoms with Crippen LogP contribution in [0, 0.1) is 11.8 Å². The highest BCUT2D eigenvalue weighted by atomic mass is 32.1. The van der Waals surface area contributed by atoms with E-state index < -0.39 is 0 Å². The van der Waals surface area contributed by atoms with Gasteiger partial charge in [0, 0.05) is 24.5 Å². The van der Waals surface area contributed by atoms with Gasteiger partial charge in [-0.25, -0.2) is 4.98 Å². The molecular formula is C15H27N3S. The molecule has 2 heterocycles. The fraction of sp³-hybridized carbons (Fsp3) is 0.800. The van der Waals surface area contributed by atoms with Gasteiger partial charge in [-0.2, -0.15) is 0 Å². The molecule has 0 spiro atoms. The Kier molecular flexibility index (Phi) is 5.22. The van der Waals surface area contributed by atoms with Crippen LogP contribution in [0.3, 0.4) is 0 Å². The molecular weight excluding hydrogens is 254 g/mol. The number of rotatable bonds is 5. The van der Waals surface area contributed by atoms with E-state index in [0.717, 1.165) is 25.6 Å². The molecule has 0 radical (unpaired) electrons. The third kappa shape index (κ3) is 3.93. The number of hydrogen-bond acceptors (Lipinski definition) is 4. The summed E-state index contributed by atoms with van der Waals surface area (Å²) < 4.78 is 0. The third-order valence-electron chi connectivity index (χ3n) is 4.02. The maximum atomic E-state index is 4.80. The van der Waals surface area contributed by atoms with Crippen molar-refractivity contribution in [1.82, 2.24) is 10.3 Å². The summed E-state index contributed by atoms with van der Waals surface area (Å²) in [5.41, 5.74) is 1.19. The van der Waals surface area contributed by atoms with Gasteiger partial charge in [0.1, 0.15) is 0 Å². The molecule has 0 amide bonds. The van der Waals surface area contributed by atoms with Crippen LogP contribution in [0.1, 0.15) is 46.2 Å². The van der Waals surface area contributed by atoms with Gasteiger partial charge in [0.15, 0.2) is 5.13 Å². The van der Waals surface area contributed by atoms with Gasteiger partial charge >= 0.3 is 0 Å². The van der Waals surface area contributed by atoms with E-state index in [1.165, 1.54) is 23.7 Å². The van der Waals surface area contributed by atoms with Crippen LogP contribution in [-0.4, -0.2) is 24.1 Å². The van der Waals surface area contributed by atoms with Crippen molar-refractivity contribution < 1.29 is 0 Å². The van der Waals surface area contributed by atoms with Crippen LogP contribution in [-0.2, 0) is 6.54 Å². The van der Waals surface area contributed by atoms with Gasteiger partial charge in [-0.15, -0.1) is 11.3 Å². The summed E-state index contributed by atoms with van der Waals surface area (Å²) in [5, 5.41) is 6.87. The monoisotopic (exact) mass is 281 g/mol. The lowest BCUT2D eigenvalue weighted by molar-refractivity contribution is 0.363. The van der Waals surface area contributed by atoms with Crippen LogP contribution in [0.15, 0.2) is 5.38 Å². The molecule has 1 aromatic heterocycles. The fourth-order valence-electron chi connectivity index (χ4n) is 2.60. The Hall–Kier alpha value is -0.610. The summed E-state index contributed by atoms with van der Waals surface area (Å²) in [4.78, 5) is 7.29. The van der Waals surface area contributed by atoms with Crippen molar-refractivity contribution in [2.75, 3.05) is 18.0 Å². The number of aromatic nitrogens is 1. The third-order valence-corrected chi connectivity index (χ3v) is 4.94. The number of anilines is 1. The molecule has 1 aromatic rings. The smallest absolute Gasteiger partial charge is 0.185 e. The predicted molar refractivity (Wildman–Crippen MR) is 83.9 cm³/mol. The van der Waals surface area contributed by atoms with Crippen molar-refractivity contribution >= 4 is 16.5 Å². The Morgan fingerprint density at radius 1 is 1.47 bits per heavy atom. The molecule has 1 aliphatic heterocycles. The Labute approximate surface area is 121 Å². The van der Waals surface area contributed by atoms with E-state index >= 15 is 0 Å². The van der Waals surface area contributed by atoms with Crippen LogP contribution in [0.2, 0.25) is 0 Å². The first kappa shape index (κ1) is 14.8. The molecule has 1 saturated heterocycles. The maximum absolute atomic E-state index is 4.80. The van der Waals surface area contributed by atoms with E-state index in [1.807, 2.05) is 0 Å². The van der Waals surface area contributed by atoms with Crippen LogP contribution < -0.4 is 10.2 Å². The number of piperidine rings is 1. The van der Waals surface area contributed by atoms with E-state index in [2.05, 4.69) is 43.3 Å². The molecule has 0 aromatic carbocycles. The minimum atomic E-state index is 0.622. The minimum absolute atomic E-state index is 0.622. The van der Waals surface area contributed by atoms with Gasteiger partial charge in [-0.05, 0) is 38.1 Å². The molecule has 0 aliphatic carbocycles. The molecule has 1 N–H and O–H groups in total. The SMILES string of the molecule is CC(C)CNCc1csc(N2CCCC(C)C2C)n1. The maximum Gasteiger partial charge on any atom is 0.185 e. The molecule has 3 nitrogen and oxygen atoms in total. The zero-order valence-electron chi connectivity index (χ0n) is 12.6. The van der Waals surface area contributed by atoms with Crippen LogP contribution in [0.4, 0.5) is 5.13 Å². The van der Waals surface area contributed by atoms with Gasteiger partial charge in [0.25, 0.3) is 0 Å². The summed E-state index contributed by atoms with van der Waals surface area (Å²) in [5.74, 6) is 1.47. The van der Waals surface area contributed by atoms with Gasteiger partial charge in [0.05, 0.1) is 5.69 Å². The first-order valence-electron chi connectivity index (χ1n) is 7.49. The van der Waals surface area contributed by atoms with Gasteiger partial charge in [-0.3, -0.25) is 0 Å². The Morgan fingerprint density at radius 3 is 3.00 bits per heavy atom. The lowest BCUT2D eigenvalue weighted by atomic mass is 9.93. The second kappa shape index (κ2) is 6.71. The summed E-state index contributed by atoms with van der Waals surface area (Å²) in [6.45, 7) is 12.3. The van der Waals surface area contributed by atoms with Gasteiger partial charge < -0.3 is 10.2 Å². The molecule has 0 saturated carbocycles. The molecule has 2 rings (SSSR count). The quantitative estimate of drug-likeness (QED) is 0.895. The standard InChI is InChI=1S/C15H27N3S/c1-11(2)8-16-9-14-10-19-15(17-14)18-7-5-6-12(3)13(18)4/h10-13,16H,5-9H2,1-4H3. The second-order valence-electron chi connectivity index (χ2n) is 6.20. The molecule has 108 valence electrons. The van der Waals surface area contributed by atoms with E-state index in [1.54, 1.807) is 11.3 Å². The molecule has 19 heavy (non-hydrogen) atoms. The van der Waals surface area contributed by atoms with E-state index in [0.29, 0.717) is 12.0 Å². The zero-order valence-corrected chi connectivity index (χ0v) is 13.5. The van der Waals surface area contributed by atoms with Crippen LogP contribution >= 0.6 is 11.3 Å². The lowest BCUT2D eigenvalue weighted by Gasteiger charge is -2.37. The summed E-state index contributed by atoms with van der Waals surface area (Å²) in [7, 11) is 0. The Morgan fingerprint density at radius 2 is 2.26 bits per heavy atom. The normalized spacial score (nSPS) is 24.2. The minimum Gasteiger partial charge on any atom is -0.345 e. The Bertz CT molecular complexity index is 388. The summed E-state index contributed by atoms with van der Waals surface area (Å²) >= 11 is 1.80. The van der Waals surface area contributed by atoms with Crippen molar-refractivity contribution in [1.29, 1.82) is 0 Å². The largest absolute Gasteiger partial charge is 0.345 e. The fourth-order valence-corrected chi connectivity index (χ4v) is 3.54. The average Bonchev–Trinajstić information content (AvgIpc) is 2.81. The number of nitrogens with one attached hydrogen (secondary N) is 1. The highest BCUT2D eigenvalue weighted by molar-refractivity contribution is 7.13. The zero-order chi connectivity index (χ0) is 13.8. The van der Waals surface area contributed by atoms with E-state index in [4.69, 9.17) is 4.98 Å². The first-order chi connectivity index (χ1) is 9.08. The molecule has 2 unspecified atom stereocenters. The van der Waals surface area contributed by atoms with Crippen molar-refractivity contribution in [3.05, 3.63) is 11.1 Å². The molecule has 2 atom stereocenters.